The third-order valence-electron chi connectivity index (χ3n) is 2.12. The summed E-state index contributed by atoms with van der Waals surface area (Å²) in [4.78, 5) is 18.8. The van der Waals surface area contributed by atoms with Crippen LogP contribution in [0.25, 0.3) is 5.82 Å². The fourth-order valence-corrected chi connectivity index (χ4v) is 1.58. The fourth-order valence-electron chi connectivity index (χ4n) is 1.33. The summed E-state index contributed by atoms with van der Waals surface area (Å²) in [7, 11) is 0. The number of nitrogens with zero attached hydrogens (tertiary/aromatic N) is 3. The maximum Gasteiger partial charge on any atom is 0.337 e. The number of pyridine rings is 1. The second kappa shape index (κ2) is 3.94. The lowest BCUT2D eigenvalue weighted by molar-refractivity contribution is 0.0696. The van der Waals surface area contributed by atoms with E-state index >= 15 is 0 Å². The molecule has 0 aliphatic heterocycles. The van der Waals surface area contributed by atoms with Crippen molar-refractivity contribution in [2.24, 2.45) is 0 Å². The van der Waals surface area contributed by atoms with E-state index in [0.717, 1.165) is 5.82 Å². The Bertz CT molecular complexity index is 551. The molecule has 0 unspecified atom stereocenters. The van der Waals surface area contributed by atoms with E-state index in [0.29, 0.717) is 5.82 Å². The largest absolute Gasteiger partial charge is 0.478 e. The van der Waals surface area contributed by atoms with Gasteiger partial charge in [-0.2, -0.15) is 0 Å². The minimum atomic E-state index is -1.05. The Morgan fingerprint density at radius 2 is 2.25 bits per heavy atom. The quantitative estimate of drug-likeness (QED) is 0.867. The molecule has 0 atom stereocenters. The second-order valence-corrected chi connectivity index (χ2v) is 3.59. The van der Waals surface area contributed by atoms with E-state index in [4.69, 9.17) is 16.7 Å². The molecule has 16 heavy (non-hydrogen) atoms. The zero-order valence-corrected chi connectivity index (χ0v) is 9.14. The highest BCUT2D eigenvalue weighted by molar-refractivity contribution is 6.32. The van der Waals surface area contributed by atoms with Crippen molar-refractivity contribution in [2.45, 2.75) is 6.92 Å². The Morgan fingerprint density at radius 1 is 1.50 bits per heavy atom. The molecule has 2 heterocycles. The first-order chi connectivity index (χ1) is 7.59. The standard InChI is InChI=1S/C10H8ClN3O2/c1-6-12-2-3-14(6)9-8(11)4-7(5-13-9)10(15)16/h2-5H,1H3,(H,15,16). The van der Waals surface area contributed by atoms with Gasteiger partial charge in [0.1, 0.15) is 5.82 Å². The molecule has 2 aromatic rings. The van der Waals surface area contributed by atoms with E-state index in [1.165, 1.54) is 12.3 Å². The Hall–Kier alpha value is -1.88. The number of halogens is 1. The van der Waals surface area contributed by atoms with Gasteiger partial charge in [0, 0.05) is 18.6 Å². The van der Waals surface area contributed by atoms with E-state index in [1.807, 2.05) is 6.92 Å². The van der Waals surface area contributed by atoms with Crippen molar-refractivity contribution in [1.82, 2.24) is 14.5 Å². The molecule has 82 valence electrons. The van der Waals surface area contributed by atoms with E-state index in [-0.39, 0.29) is 10.6 Å². The summed E-state index contributed by atoms with van der Waals surface area (Å²) in [5.74, 6) is 0.155. The number of aryl methyl sites for hydroxylation is 1. The molecule has 2 aromatic heterocycles. The van der Waals surface area contributed by atoms with Crippen LogP contribution < -0.4 is 0 Å². The number of aromatic nitrogens is 3. The first-order valence-electron chi connectivity index (χ1n) is 4.49. The molecule has 0 aliphatic carbocycles. The molecule has 0 spiro atoms. The summed E-state index contributed by atoms with van der Waals surface area (Å²) in [6, 6.07) is 1.37. The third-order valence-corrected chi connectivity index (χ3v) is 2.40. The van der Waals surface area contributed by atoms with E-state index in [2.05, 4.69) is 9.97 Å². The van der Waals surface area contributed by atoms with Crippen LogP contribution in [-0.4, -0.2) is 25.6 Å². The maximum absolute atomic E-state index is 10.7. The van der Waals surface area contributed by atoms with Gasteiger partial charge in [-0.15, -0.1) is 0 Å². The lowest BCUT2D eigenvalue weighted by atomic mass is 10.3. The number of hydrogen-bond donors (Lipinski definition) is 1. The van der Waals surface area contributed by atoms with Gasteiger partial charge in [0.05, 0.1) is 10.6 Å². The summed E-state index contributed by atoms with van der Waals surface area (Å²) >= 11 is 5.96. The predicted octanol–water partition coefficient (Wildman–Crippen LogP) is 1.93. The van der Waals surface area contributed by atoms with Crippen LogP contribution in [0.3, 0.4) is 0 Å². The first-order valence-corrected chi connectivity index (χ1v) is 4.86. The first kappa shape index (κ1) is 10.6. The molecule has 0 saturated heterocycles. The SMILES string of the molecule is Cc1nccn1-c1ncc(C(=O)O)cc1Cl. The van der Waals surface area contributed by atoms with Crippen LogP contribution in [0.2, 0.25) is 5.02 Å². The number of imidazole rings is 1. The van der Waals surface area contributed by atoms with Crippen LogP contribution in [0.5, 0.6) is 0 Å². The number of aromatic carboxylic acids is 1. The fraction of sp³-hybridized carbons (Fsp3) is 0.100. The Morgan fingerprint density at radius 3 is 2.75 bits per heavy atom. The van der Waals surface area contributed by atoms with E-state index < -0.39 is 5.97 Å². The highest BCUT2D eigenvalue weighted by Gasteiger charge is 2.10. The van der Waals surface area contributed by atoms with Gasteiger partial charge >= 0.3 is 5.97 Å². The molecule has 0 bridgehead atoms. The van der Waals surface area contributed by atoms with Crippen LogP contribution in [0.4, 0.5) is 0 Å². The molecule has 0 saturated carbocycles. The van der Waals surface area contributed by atoms with E-state index in [1.54, 1.807) is 17.0 Å². The summed E-state index contributed by atoms with van der Waals surface area (Å²) < 4.78 is 1.69. The van der Waals surface area contributed by atoms with Gasteiger partial charge in [0.2, 0.25) is 0 Å². The van der Waals surface area contributed by atoms with Crippen molar-refractivity contribution in [3.05, 3.63) is 41.1 Å². The van der Waals surface area contributed by atoms with Crippen molar-refractivity contribution >= 4 is 17.6 Å². The van der Waals surface area contributed by atoms with E-state index in [9.17, 15) is 4.79 Å². The summed E-state index contributed by atoms with van der Waals surface area (Å²) in [5, 5.41) is 9.05. The summed E-state index contributed by atoms with van der Waals surface area (Å²) in [6.07, 6.45) is 4.60. The number of carbonyl (C=O) groups is 1. The molecule has 5 nitrogen and oxygen atoms in total. The van der Waals surface area contributed by atoms with Crippen LogP contribution >= 0.6 is 11.6 Å². The predicted molar refractivity (Wildman–Crippen MR) is 58.1 cm³/mol. The molecular formula is C10H8ClN3O2. The topological polar surface area (TPSA) is 68.0 Å². The van der Waals surface area contributed by atoms with Gasteiger partial charge in [-0.1, -0.05) is 11.6 Å². The van der Waals surface area contributed by atoms with Crippen molar-refractivity contribution in [1.29, 1.82) is 0 Å². The average molecular weight is 238 g/mol. The molecule has 2 rings (SSSR count). The smallest absolute Gasteiger partial charge is 0.337 e. The molecule has 0 aliphatic rings. The zero-order valence-electron chi connectivity index (χ0n) is 8.38. The van der Waals surface area contributed by atoms with Crippen molar-refractivity contribution < 1.29 is 9.90 Å². The van der Waals surface area contributed by atoms with Crippen LogP contribution in [0.1, 0.15) is 16.2 Å². The molecule has 0 fully saturated rings. The molecule has 1 N–H and O–H groups in total. The maximum atomic E-state index is 10.7. The summed E-state index contributed by atoms with van der Waals surface area (Å²) in [6.45, 7) is 1.81. The van der Waals surface area contributed by atoms with Crippen molar-refractivity contribution in [3.8, 4) is 5.82 Å². The monoisotopic (exact) mass is 237 g/mol. The molecule has 0 radical (unpaired) electrons. The van der Waals surface area contributed by atoms with Crippen LogP contribution in [0, 0.1) is 6.92 Å². The molecule has 0 amide bonds. The number of carboxylic acids is 1. The van der Waals surface area contributed by atoms with Crippen LogP contribution in [0.15, 0.2) is 24.7 Å². The van der Waals surface area contributed by atoms with Gasteiger partial charge in [-0.05, 0) is 13.0 Å². The van der Waals surface area contributed by atoms with Crippen LogP contribution in [-0.2, 0) is 0 Å². The second-order valence-electron chi connectivity index (χ2n) is 3.18. The Kier molecular flexibility index (Phi) is 2.62. The lowest BCUT2D eigenvalue weighted by Gasteiger charge is -2.06. The van der Waals surface area contributed by atoms with Crippen molar-refractivity contribution in [3.63, 3.8) is 0 Å². The minimum absolute atomic E-state index is 0.0616. The Labute approximate surface area is 96.3 Å². The van der Waals surface area contributed by atoms with Crippen molar-refractivity contribution in [2.75, 3.05) is 0 Å². The molecular weight excluding hydrogens is 230 g/mol. The lowest BCUT2D eigenvalue weighted by Crippen LogP contribution is -2.03. The number of hydrogen-bond acceptors (Lipinski definition) is 3. The highest BCUT2D eigenvalue weighted by Crippen LogP contribution is 2.20. The normalized spacial score (nSPS) is 10.4. The minimum Gasteiger partial charge on any atom is -0.478 e. The zero-order chi connectivity index (χ0) is 11.7. The highest BCUT2D eigenvalue weighted by atomic mass is 35.5. The van der Waals surface area contributed by atoms with Gasteiger partial charge in [0.15, 0.2) is 5.82 Å². The van der Waals surface area contributed by atoms with Gasteiger partial charge in [-0.3, -0.25) is 4.57 Å². The number of rotatable bonds is 2. The Balaban J connectivity index is 2.52. The summed E-state index contributed by atoms with van der Waals surface area (Å²) in [5.41, 5.74) is 0.0616. The molecule has 6 heteroatoms. The van der Waals surface area contributed by atoms with Gasteiger partial charge in [-0.25, -0.2) is 14.8 Å². The average Bonchev–Trinajstić information content (AvgIpc) is 2.64. The number of carboxylic acid groups (broad SMARTS) is 1. The van der Waals surface area contributed by atoms with Gasteiger partial charge < -0.3 is 5.11 Å². The third kappa shape index (κ3) is 1.77. The molecule has 0 aromatic carbocycles. The van der Waals surface area contributed by atoms with Gasteiger partial charge in [0.25, 0.3) is 0 Å².